The second-order valence-electron chi connectivity index (χ2n) is 11.4. The maximum atomic E-state index is 14.2. The average molecular weight is 592 g/mol. The van der Waals surface area contributed by atoms with E-state index in [1.165, 1.54) is 0 Å². The first-order valence-corrected chi connectivity index (χ1v) is 14.7. The summed E-state index contributed by atoms with van der Waals surface area (Å²) in [6, 6.07) is 13.5. The highest BCUT2D eigenvalue weighted by Crippen LogP contribution is 2.33. The molecule has 1 aliphatic carbocycles. The molecule has 0 atom stereocenters. The van der Waals surface area contributed by atoms with E-state index in [4.69, 9.17) is 9.84 Å². The second kappa shape index (κ2) is 13.8. The van der Waals surface area contributed by atoms with E-state index in [1.807, 2.05) is 24.3 Å². The van der Waals surface area contributed by atoms with Crippen LogP contribution in [0.5, 0.6) is 17.4 Å². The van der Waals surface area contributed by atoms with E-state index >= 15 is 0 Å². The van der Waals surface area contributed by atoms with Gasteiger partial charge in [0, 0.05) is 31.7 Å². The smallest absolute Gasteiger partial charge is 0.404 e. The van der Waals surface area contributed by atoms with Crippen molar-refractivity contribution in [3.05, 3.63) is 71.7 Å². The Labute approximate surface area is 250 Å². The van der Waals surface area contributed by atoms with Crippen LogP contribution in [0.15, 0.2) is 54.7 Å². The third-order valence-electron chi connectivity index (χ3n) is 8.11. The second-order valence-corrected chi connectivity index (χ2v) is 11.4. The van der Waals surface area contributed by atoms with E-state index < -0.39 is 17.8 Å². The van der Waals surface area contributed by atoms with E-state index in [0.717, 1.165) is 61.6 Å². The van der Waals surface area contributed by atoms with Crippen LogP contribution >= 0.6 is 0 Å². The molecule has 0 spiro atoms. The lowest BCUT2D eigenvalue weighted by Gasteiger charge is -2.29. The Balaban J connectivity index is 1.31. The fraction of sp³-hybridized carbons (Fsp3) is 0.406. The van der Waals surface area contributed by atoms with Crippen molar-refractivity contribution in [3.63, 3.8) is 0 Å². The maximum Gasteiger partial charge on any atom is 0.404 e. The molecular formula is C32H38FN5O5. The molecule has 5 rings (SSSR count). The summed E-state index contributed by atoms with van der Waals surface area (Å²) < 4.78 is 20.3. The molecule has 11 heteroatoms. The quantitative estimate of drug-likeness (QED) is 0.293. The van der Waals surface area contributed by atoms with E-state index in [2.05, 4.69) is 32.5 Å². The summed E-state index contributed by atoms with van der Waals surface area (Å²) in [4.78, 5) is 32.9. The Hall–Kier alpha value is -4.22. The number of rotatable bonds is 8. The van der Waals surface area contributed by atoms with Gasteiger partial charge < -0.3 is 30.5 Å². The summed E-state index contributed by atoms with van der Waals surface area (Å²) in [5, 5.41) is 24.6. The molecule has 2 fully saturated rings. The van der Waals surface area contributed by atoms with Gasteiger partial charge in [-0.3, -0.25) is 9.69 Å². The zero-order valence-corrected chi connectivity index (χ0v) is 24.3. The number of pyridine rings is 1. The summed E-state index contributed by atoms with van der Waals surface area (Å²) in [7, 11) is 2.13. The van der Waals surface area contributed by atoms with Gasteiger partial charge in [0.15, 0.2) is 0 Å². The topological polar surface area (TPSA) is 127 Å². The summed E-state index contributed by atoms with van der Waals surface area (Å²) in [6.45, 7) is 4.66. The molecule has 228 valence electrons. The van der Waals surface area contributed by atoms with Gasteiger partial charge in [-0.15, -0.1) is 0 Å². The van der Waals surface area contributed by atoms with Gasteiger partial charge in [0.2, 0.25) is 5.88 Å². The normalized spacial score (nSPS) is 19.8. The largest absolute Gasteiger partial charge is 0.508 e. The first-order chi connectivity index (χ1) is 20.7. The first kappa shape index (κ1) is 30.2. The number of halogens is 1. The van der Waals surface area contributed by atoms with Crippen LogP contribution in [-0.4, -0.2) is 82.3 Å². The summed E-state index contributed by atoms with van der Waals surface area (Å²) in [6.07, 6.45) is 3.43. The Kier molecular flexibility index (Phi) is 9.73. The van der Waals surface area contributed by atoms with Crippen LogP contribution in [0, 0.1) is 5.82 Å². The minimum atomic E-state index is -1.06. The third kappa shape index (κ3) is 8.20. The lowest BCUT2D eigenvalue weighted by molar-refractivity contribution is 0.0919. The molecule has 1 saturated heterocycles. The number of phenols is 1. The molecular weight excluding hydrogens is 553 g/mol. The minimum absolute atomic E-state index is 0.0168. The summed E-state index contributed by atoms with van der Waals surface area (Å²) in [5.74, 6) is -0.542. The van der Waals surface area contributed by atoms with Crippen LogP contribution in [0.1, 0.15) is 48.0 Å². The van der Waals surface area contributed by atoms with Crippen LogP contribution in [0.25, 0.3) is 11.1 Å². The highest BCUT2D eigenvalue weighted by Gasteiger charge is 2.26. The van der Waals surface area contributed by atoms with Gasteiger partial charge in [0.1, 0.15) is 22.9 Å². The average Bonchev–Trinajstić information content (AvgIpc) is 3.18. The van der Waals surface area contributed by atoms with Crippen LogP contribution in [0.3, 0.4) is 0 Å². The molecule has 0 unspecified atom stereocenters. The number of hydrogen-bond donors (Lipinski definition) is 4. The number of carbonyl (C=O) groups excluding carboxylic acids is 1. The van der Waals surface area contributed by atoms with Crippen molar-refractivity contribution in [2.75, 3.05) is 33.2 Å². The molecule has 3 aromatic rings. The van der Waals surface area contributed by atoms with E-state index in [9.17, 15) is 19.1 Å². The van der Waals surface area contributed by atoms with Gasteiger partial charge in [-0.25, -0.2) is 14.2 Å². The SMILES string of the molecule is CN1CCCN(Cc2cc(O)ccc2-c2cccc(Oc3ncc(F)cc3C(=O)N[C@H]3CC[C@H](NC(=O)O)CC3)c2)CC1. The van der Waals surface area contributed by atoms with Crippen molar-refractivity contribution >= 4 is 12.0 Å². The van der Waals surface area contributed by atoms with Crippen molar-refractivity contribution in [2.24, 2.45) is 0 Å². The Morgan fingerprint density at radius 2 is 1.77 bits per heavy atom. The molecule has 2 amide bonds. The van der Waals surface area contributed by atoms with Crippen LogP contribution in [-0.2, 0) is 6.54 Å². The fourth-order valence-electron chi connectivity index (χ4n) is 5.82. The molecule has 1 aliphatic heterocycles. The lowest BCUT2D eigenvalue weighted by atomic mass is 9.91. The van der Waals surface area contributed by atoms with Gasteiger partial charge in [-0.1, -0.05) is 18.2 Å². The minimum Gasteiger partial charge on any atom is -0.508 e. The molecule has 43 heavy (non-hydrogen) atoms. The Morgan fingerprint density at radius 1 is 1.00 bits per heavy atom. The number of hydrogen-bond acceptors (Lipinski definition) is 7. The van der Waals surface area contributed by atoms with Crippen LogP contribution in [0.4, 0.5) is 9.18 Å². The third-order valence-corrected chi connectivity index (χ3v) is 8.11. The number of carbonyl (C=O) groups is 2. The fourth-order valence-corrected chi connectivity index (χ4v) is 5.82. The van der Waals surface area contributed by atoms with Crippen molar-refractivity contribution in [1.82, 2.24) is 25.4 Å². The number of benzene rings is 2. The van der Waals surface area contributed by atoms with Gasteiger partial charge in [0.25, 0.3) is 5.91 Å². The van der Waals surface area contributed by atoms with Crippen molar-refractivity contribution in [2.45, 2.75) is 50.7 Å². The molecule has 2 aromatic carbocycles. The molecule has 10 nitrogen and oxygen atoms in total. The lowest BCUT2D eigenvalue weighted by Crippen LogP contribution is -2.43. The van der Waals surface area contributed by atoms with Gasteiger partial charge in [0.05, 0.1) is 6.20 Å². The zero-order valence-electron chi connectivity index (χ0n) is 24.3. The molecule has 2 heterocycles. The van der Waals surface area contributed by atoms with Crippen molar-refractivity contribution in [3.8, 4) is 28.5 Å². The van der Waals surface area contributed by atoms with Gasteiger partial charge in [-0.05, 0) is 99.3 Å². The summed E-state index contributed by atoms with van der Waals surface area (Å²) in [5.41, 5.74) is 2.81. The Morgan fingerprint density at radius 3 is 2.53 bits per heavy atom. The maximum absolute atomic E-state index is 14.2. The molecule has 0 radical (unpaired) electrons. The molecule has 2 aliphatic rings. The van der Waals surface area contributed by atoms with E-state index in [-0.39, 0.29) is 29.3 Å². The summed E-state index contributed by atoms with van der Waals surface area (Å²) >= 11 is 0. The van der Waals surface area contributed by atoms with E-state index in [0.29, 0.717) is 38.0 Å². The monoisotopic (exact) mass is 591 g/mol. The molecule has 1 saturated carbocycles. The van der Waals surface area contributed by atoms with Crippen molar-refractivity contribution < 1.29 is 28.9 Å². The number of aromatic nitrogens is 1. The molecule has 1 aromatic heterocycles. The van der Waals surface area contributed by atoms with Crippen molar-refractivity contribution in [1.29, 1.82) is 0 Å². The van der Waals surface area contributed by atoms with E-state index in [1.54, 1.807) is 18.2 Å². The van der Waals surface area contributed by atoms with Crippen LogP contribution < -0.4 is 15.4 Å². The first-order valence-electron chi connectivity index (χ1n) is 14.7. The standard InChI is InChI=1S/C32H38FN5O5/c1-37-12-3-13-38(15-14-37)20-22-16-26(39)10-11-28(22)21-4-2-5-27(17-21)43-31-29(18-23(33)19-34-31)30(40)35-24-6-8-25(9-7-24)36-32(41)42/h2,4-5,10-11,16-19,24-25,36,39H,3,6-9,12-15,20H2,1H3,(H,35,40)(H,41,42)/t24-,25-. The highest BCUT2D eigenvalue weighted by molar-refractivity contribution is 5.96. The van der Waals surface area contributed by atoms with Gasteiger partial charge >= 0.3 is 6.09 Å². The highest BCUT2D eigenvalue weighted by atomic mass is 19.1. The van der Waals surface area contributed by atoms with Crippen LogP contribution in [0.2, 0.25) is 0 Å². The number of likely N-dealkylation sites (N-methyl/N-ethyl adjacent to an activating group) is 1. The number of nitrogens with one attached hydrogen (secondary N) is 2. The van der Waals surface area contributed by atoms with Gasteiger partial charge in [-0.2, -0.15) is 0 Å². The predicted molar refractivity (Wildman–Crippen MR) is 160 cm³/mol. The number of phenolic OH excluding ortho intramolecular Hbond substituents is 1. The number of nitrogens with zero attached hydrogens (tertiary/aromatic N) is 3. The number of amides is 2. The number of carboxylic acid groups (broad SMARTS) is 1. The molecule has 0 bridgehead atoms. The number of aromatic hydroxyl groups is 1. The predicted octanol–water partition coefficient (Wildman–Crippen LogP) is 4.83. The number of ether oxygens (including phenoxy) is 1. The molecule has 4 N–H and O–H groups in total. The Bertz CT molecular complexity index is 1450. The zero-order chi connectivity index (χ0) is 30.3.